The molecule has 4 rings (SSSR count). The van der Waals surface area contributed by atoms with E-state index >= 15 is 0 Å². The van der Waals surface area contributed by atoms with Gasteiger partial charge in [-0.15, -0.1) is 0 Å². The summed E-state index contributed by atoms with van der Waals surface area (Å²) in [7, 11) is 5.42. The van der Waals surface area contributed by atoms with Crippen LogP contribution in [0, 0.1) is 5.41 Å². The van der Waals surface area contributed by atoms with Crippen molar-refractivity contribution in [1.82, 2.24) is 24.6 Å². The Balaban J connectivity index is 1.60. The quantitative estimate of drug-likeness (QED) is 0.623. The standard InChI is InChI=1S/C25H29N5O2/c1-28(2)24(32)25(10-14-30(15-11-25)23(31)21-17-27-29(3)18-21)16-20-6-4-5-7-22(20)19-8-12-26-13-9-19/h4-9,12-13,17-18H,10-11,14-16H2,1-3H3. The molecule has 0 saturated carbocycles. The monoisotopic (exact) mass is 431 g/mol. The van der Waals surface area contributed by atoms with Crippen LogP contribution in [0.3, 0.4) is 0 Å². The van der Waals surface area contributed by atoms with Crippen LogP contribution in [0.25, 0.3) is 11.1 Å². The van der Waals surface area contributed by atoms with Gasteiger partial charge >= 0.3 is 0 Å². The number of piperidine rings is 1. The van der Waals surface area contributed by atoms with Gasteiger partial charge in [0.25, 0.3) is 5.91 Å². The Hall–Kier alpha value is -3.48. The van der Waals surface area contributed by atoms with E-state index in [0.29, 0.717) is 37.9 Å². The number of amides is 2. The molecule has 2 aromatic heterocycles. The Labute approximate surface area is 188 Å². The Bertz CT molecular complexity index is 1100. The molecule has 7 heteroatoms. The first kappa shape index (κ1) is 21.7. The molecule has 0 N–H and O–H groups in total. The molecule has 0 aliphatic carbocycles. The zero-order chi connectivity index (χ0) is 22.7. The summed E-state index contributed by atoms with van der Waals surface area (Å²) < 4.78 is 1.63. The molecule has 32 heavy (non-hydrogen) atoms. The minimum atomic E-state index is -0.543. The first-order valence-corrected chi connectivity index (χ1v) is 10.9. The molecule has 0 atom stereocenters. The van der Waals surface area contributed by atoms with E-state index in [1.165, 1.54) is 0 Å². The van der Waals surface area contributed by atoms with E-state index in [-0.39, 0.29) is 11.8 Å². The largest absolute Gasteiger partial charge is 0.348 e. The predicted molar refractivity (Wildman–Crippen MR) is 123 cm³/mol. The van der Waals surface area contributed by atoms with Crippen LogP contribution < -0.4 is 0 Å². The van der Waals surface area contributed by atoms with Crippen molar-refractivity contribution in [1.29, 1.82) is 0 Å². The van der Waals surface area contributed by atoms with Crippen LogP contribution in [0.1, 0.15) is 28.8 Å². The zero-order valence-electron chi connectivity index (χ0n) is 18.9. The highest BCUT2D eigenvalue weighted by molar-refractivity contribution is 5.94. The lowest BCUT2D eigenvalue weighted by molar-refractivity contribution is -0.142. The minimum Gasteiger partial charge on any atom is -0.348 e. The smallest absolute Gasteiger partial charge is 0.257 e. The van der Waals surface area contributed by atoms with Crippen LogP contribution in [-0.4, -0.2) is 63.6 Å². The number of rotatable bonds is 5. The fourth-order valence-electron chi connectivity index (χ4n) is 4.64. The molecule has 0 unspecified atom stereocenters. The number of likely N-dealkylation sites (tertiary alicyclic amines) is 1. The van der Waals surface area contributed by atoms with Crippen LogP contribution >= 0.6 is 0 Å². The molecule has 2 amide bonds. The number of carbonyl (C=O) groups is 2. The van der Waals surface area contributed by atoms with Gasteiger partial charge in [0.05, 0.1) is 17.2 Å². The molecule has 1 saturated heterocycles. The van der Waals surface area contributed by atoms with E-state index in [9.17, 15) is 9.59 Å². The van der Waals surface area contributed by atoms with Crippen molar-refractivity contribution < 1.29 is 9.59 Å². The molecule has 166 valence electrons. The third-order valence-corrected chi connectivity index (χ3v) is 6.36. The van der Waals surface area contributed by atoms with Crippen molar-refractivity contribution in [2.75, 3.05) is 27.2 Å². The van der Waals surface area contributed by atoms with E-state index in [2.05, 4.69) is 22.2 Å². The summed E-state index contributed by atoms with van der Waals surface area (Å²) in [5.74, 6) is 0.0942. The highest BCUT2D eigenvalue weighted by Gasteiger charge is 2.43. The number of carbonyl (C=O) groups excluding carboxylic acids is 2. The second-order valence-corrected chi connectivity index (χ2v) is 8.74. The van der Waals surface area contributed by atoms with E-state index < -0.39 is 5.41 Å². The second-order valence-electron chi connectivity index (χ2n) is 8.74. The maximum absolute atomic E-state index is 13.4. The fraction of sp³-hybridized carbons (Fsp3) is 0.360. The maximum Gasteiger partial charge on any atom is 0.257 e. The lowest BCUT2D eigenvalue weighted by Gasteiger charge is -2.42. The van der Waals surface area contributed by atoms with Gasteiger partial charge in [-0.05, 0) is 48.1 Å². The van der Waals surface area contributed by atoms with Gasteiger partial charge in [0.1, 0.15) is 0 Å². The normalized spacial score (nSPS) is 15.4. The average Bonchev–Trinajstić information content (AvgIpc) is 3.25. The summed E-state index contributed by atoms with van der Waals surface area (Å²) in [6, 6.07) is 12.2. The highest BCUT2D eigenvalue weighted by Crippen LogP contribution is 2.39. The molecule has 0 spiro atoms. The molecular weight excluding hydrogens is 402 g/mol. The van der Waals surface area contributed by atoms with Crippen molar-refractivity contribution >= 4 is 11.8 Å². The van der Waals surface area contributed by atoms with Gasteiger partial charge < -0.3 is 9.80 Å². The van der Waals surface area contributed by atoms with E-state index in [4.69, 9.17) is 0 Å². The van der Waals surface area contributed by atoms with Gasteiger partial charge in [-0.2, -0.15) is 5.10 Å². The van der Waals surface area contributed by atoms with Gasteiger partial charge in [-0.1, -0.05) is 24.3 Å². The van der Waals surface area contributed by atoms with Gasteiger partial charge in [-0.25, -0.2) is 0 Å². The van der Waals surface area contributed by atoms with Gasteiger partial charge in [0.2, 0.25) is 5.91 Å². The summed E-state index contributed by atoms with van der Waals surface area (Å²) in [5.41, 5.74) is 3.39. The highest BCUT2D eigenvalue weighted by atomic mass is 16.2. The third kappa shape index (κ3) is 4.28. The molecule has 3 heterocycles. The number of pyridine rings is 1. The van der Waals surface area contributed by atoms with Gasteiger partial charge in [0, 0.05) is 52.8 Å². The van der Waals surface area contributed by atoms with Crippen molar-refractivity contribution in [3.63, 3.8) is 0 Å². The molecule has 0 radical (unpaired) electrons. The van der Waals surface area contributed by atoms with E-state index in [1.54, 1.807) is 41.4 Å². The Morgan fingerprint density at radius 2 is 1.75 bits per heavy atom. The molecule has 3 aromatic rings. The summed E-state index contributed by atoms with van der Waals surface area (Å²) in [6.07, 6.45) is 8.80. The molecule has 7 nitrogen and oxygen atoms in total. The van der Waals surface area contributed by atoms with Gasteiger partial charge in [-0.3, -0.25) is 19.3 Å². The molecule has 0 bridgehead atoms. The fourth-order valence-corrected chi connectivity index (χ4v) is 4.64. The maximum atomic E-state index is 13.4. The number of hydrogen-bond donors (Lipinski definition) is 0. The third-order valence-electron chi connectivity index (χ3n) is 6.36. The van der Waals surface area contributed by atoms with Gasteiger partial charge in [0.15, 0.2) is 0 Å². The summed E-state index contributed by atoms with van der Waals surface area (Å²) in [5, 5.41) is 4.11. The number of hydrogen-bond acceptors (Lipinski definition) is 4. The average molecular weight is 432 g/mol. The van der Waals surface area contributed by atoms with Crippen LogP contribution in [0.15, 0.2) is 61.2 Å². The Morgan fingerprint density at radius 1 is 1.06 bits per heavy atom. The van der Waals surface area contributed by atoms with Crippen molar-refractivity contribution in [3.05, 3.63) is 72.3 Å². The Morgan fingerprint density at radius 3 is 2.38 bits per heavy atom. The molecule has 1 aromatic carbocycles. The SMILES string of the molecule is CN(C)C(=O)C1(Cc2ccccc2-c2ccncc2)CCN(C(=O)c2cnn(C)c2)CC1. The van der Waals surface area contributed by atoms with Crippen LogP contribution in [-0.2, 0) is 18.3 Å². The molecule has 1 aliphatic heterocycles. The van der Waals surface area contributed by atoms with E-state index in [1.807, 2.05) is 43.3 Å². The topological polar surface area (TPSA) is 71.3 Å². The Kier molecular flexibility index (Phi) is 6.08. The van der Waals surface area contributed by atoms with Crippen molar-refractivity contribution in [2.45, 2.75) is 19.3 Å². The number of nitrogens with zero attached hydrogens (tertiary/aromatic N) is 5. The molecule has 1 aliphatic rings. The van der Waals surface area contributed by atoms with Crippen LogP contribution in [0.2, 0.25) is 0 Å². The minimum absolute atomic E-state index is 0.0267. The first-order chi connectivity index (χ1) is 15.4. The summed E-state index contributed by atoms with van der Waals surface area (Å²) in [4.78, 5) is 34.0. The number of benzene rings is 1. The number of aryl methyl sites for hydroxylation is 1. The molecular formula is C25H29N5O2. The van der Waals surface area contributed by atoms with Crippen LogP contribution in [0.5, 0.6) is 0 Å². The number of aromatic nitrogens is 3. The van der Waals surface area contributed by atoms with Crippen molar-refractivity contribution in [2.24, 2.45) is 12.5 Å². The lowest BCUT2D eigenvalue weighted by Crippen LogP contribution is -2.51. The zero-order valence-corrected chi connectivity index (χ0v) is 18.9. The van der Waals surface area contributed by atoms with Crippen molar-refractivity contribution in [3.8, 4) is 11.1 Å². The predicted octanol–water partition coefficient (Wildman–Crippen LogP) is 3.04. The van der Waals surface area contributed by atoms with E-state index in [0.717, 1.165) is 16.7 Å². The first-order valence-electron chi connectivity index (χ1n) is 10.9. The second kappa shape index (κ2) is 8.94. The summed E-state index contributed by atoms with van der Waals surface area (Å²) >= 11 is 0. The molecule has 1 fully saturated rings. The van der Waals surface area contributed by atoms with Crippen LogP contribution in [0.4, 0.5) is 0 Å². The lowest BCUT2D eigenvalue weighted by atomic mass is 9.71. The summed E-state index contributed by atoms with van der Waals surface area (Å²) in [6.45, 7) is 1.09.